The van der Waals surface area contributed by atoms with Crippen LogP contribution in [0, 0.1) is 0 Å². The molecular weight excluding hydrogens is 326 g/mol. The van der Waals surface area contributed by atoms with Crippen molar-refractivity contribution in [1.29, 1.82) is 0 Å². The molecule has 1 unspecified atom stereocenters. The van der Waals surface area contributed by atoms with E-state index in [1.807, 2.05) is 18.2 Å². The standard InChI is InChI=1S/C19H22ClNO3/c1-21-9-8-14-15(10-17(23-2)19(24-3)18(14)20)16(11-21)12-4-6-13(22)7-5-12/h4-7,10,16,22H,8-9,11H2,1-3H3. The molecule has 0 spiro atoms. The Labute approximate surface area is 147 Å². The molecule has 0 radical (unpaired) electrons. The number of aromatic hydroxyl groups is 1. The molecule has 128 valence electrons. The lowest BCUT2D eigenvalue weighted by atomic mass is 9.87. The predicted octanol–water partition coefficient (Wildman–Crippen LogP) is 3.68. The minimum atomic E-state index is 0.158. The number of phenolic OH excluding ortho intramolecular Hbond substituents is 1. The number of halogens is 1. The molecule has 24 heavy (non-hydrogen) atoms. The molecule has 1 N–H and O–H groups in total. The van der Waals surface area contributed by atoms with Gasteiger partial charge in [-0.1, -0.05) is 23.7 Å². The zero-order valence-electron chi connectivity index (χ0n) is 14.2. The summed E-state index contributed by atoms with van der Waals surface area (Å²) in [6, 6.07) is 9.42. The van der Waals surface area contributed by atoms with Crippen LogP contribution >= 0.6 is 11.6 Å². The summed E-state index contributed by atoms with van der Waals surface area (Å²) in [5, 5.41) is 10.2. The lowest BCUT2D eigenvalue weighted by Gasteiger charge is -2.23. The fourth-order valence-corrected chi connectivity index (χ4v) is 3.74. The molecule has 0 saturated heterocycles. The molecule has 0 fully saturated rings. The summed E-state index contributed by atoms with van der Waals surface area (Å²) in [6.07, 6.45) is 0.861. The summed E-state index contributed by atoms with van der Waals surface area (Å²) >= 11 is 6.65. The molecule has 0 saturated carbocycles. The molecule has 1 atom stereocenters. The Morgan fingerprint density at radius 2 is 1.88 bits per heavy atom. The van der Waals surface area contributed by atoms with Gasteiger partial charge >= 0.3 is 0 Å². The first kappa shape index (κ1) is 16.9. The molecule has 2 aromatic rings. The summed E-state index contributed by atoms with van der Waals surface area (Å²) in [5.41, 5.74) is 3.41. The van der Waals surface area contributed by atoms with Crippen molar-refractivity contribution in [2.45, 2.75) is 12.3 Å². The number of benzene rings is 2. The molecule has 1 heterocycles. The van der Waals surface area contributed by atoms with Gasteiger partial charge in [0.05, 0.1) is 19.2 Å². The maximum absolute atomic E-state index is 9.58. The topological polar surface area (TPSA) is 41.9 Å². The minimum Gasteiger partial charge on any atom is -0.508 e. The number of fused-ring (bicyclic) bond motifs is 1. The lowest BCUT2D eigenvalue weighted by Crippen LogP contribution is -2.24. The van der Waals surface area contributed by atoms with E-state index in [1.54, 1.807) is 26.4 Å². The number of methoxy groups -OCH3 is 2. The van der Waals surface area contributed by atoms with Crippen molar-refractivity contribution in [3.63, 3.8) is 0 Å². The largest absolute Gasteiger partial charge is 0.508 e. The number of rotatable bonds is 3. The number of likely N-dealkylation sites (N-methyl/N-ethyl adjacent to an activating group) is 1. The predicted molar refractivity (Wildman–Crippen MR) is 95.7 cm³/mol. The molecule has 3 rings (SSSR count). The highest BCUT2D eigenvalue weighted by Crippen LogP contribution is 2.44. The van der Waals surface area contributed by atoms with Crippen molar-refractivity contribution in [1.82, 2.24) is 4.90 Å². The monoisotopic (exact) mass is 347 g/mol. The summed E-state index contributed by atoms with van der Waals surface area (Å²) in [7, 11) is 5.34. The van der Waals surface area contributed by atoms with Gasteiger partial charge in [-0.3, -0.25) is 0 Å². The fourth-order valence-electron chi connectivity index (χ4n) is 3.37. The Kier molecular flexibility index (Phi) is 4.88. The van der Waals surface area contributed by atoms with Crippen molar-refractivity contribution in [2.24, 2.45) is 0 Å². The smallest absolute Gasteiger partial charge is 0.179 e. The van der Waals surface area contributed by atoms with Gasteiger partial charge in [0, 0.05) is 19.0 Å². The first-order chi connectivity index (χ1) is 11.5. The van der Waals surface area contributed by atoms with E-state index in [1.165, 1.54) is 0 Å². The molecule has 0 bridgehead atoms. The zero-order valence-corrected chi connectivity index (χ0v) is 14.9. The van der Waals surface area contributed by atoms with Crippen molar-refractivity contribution < 1.29 is 14.6 Å². The average Bonchev–Trinajstić information content (AvgIpc) is 2.75. The Balaban J connectivity index is 2.18. The second kappa shape index (κ2) is 6.91. The van der Waals surface area contributed by atoms with Gasteiger partial charge in [-0.15, -0.1) is 0 Å². The van der Waals surface area contributed by atoms with Gasteiger partial charge in [0.15, 0.2) is 11.5 Å². The van der Waals surface area contributed by atoms with Crippen LogP contribution in [0.25, 0.3) is 0 Å². The molecule has 1 aliphatic rings. The zero-order chi connectivity index (χ0) is 17.3. The van der Waals surface area contributed by atoms with Gasteiger partial charge in [-0.25, -0.2) is 0 Å². The quantitative estimate of drug-likeness (QED) is 0.919. The molecular formula is C19H22ClNO3. The van der Waals surface area contributed by atoms with Crippen LogP contribution in [0.5, 0.6) is 17.2 Å². The van der Waals surface area contributed by atoms with Crippen LogP contribution in [0.15, 0.2) is 30.3 Å². The van der Waals surface area contributed by atoms with Crippen molar-refractivity contribution in [2.75, 3.05) is 34.4 Å². The molecule has 1 aliphatic heterocycles. The van der Waals surface area contributed by atoms with Crippen molar-refractivity contribution in [3.05, 3.63) is 52.0 Å². The normalized spacial score (nSPS) is 17.9. The number of ether oxygens (including phenoxy) is 2. The van der Waals surface area contributed by atoms with E-state index in [0.29, 0.717) is 16.5 Å². The Morgan fingerprint density at radius 1 is 1.17 bits per heavy atom. The Bertz CT molecular complexity index is 730. The van der Waals surface area contributed by atoms with Crippen LogP contribution < -0.4 is 9.47 Å². The third-order valence-electron chi connectivity index (χ3n) is 4.66. The van der Waals surface area contributed by atoms with Crippen LogP contribution in [-0.2, 0) is 6.42 Å². The second-order valence-electron chi connectivity index (χ2n) is 6.15. The average molecular weight is 348 g/mol. The Hall–Kier alpha value is -1.91. The highest BCUT2D eigenvalue weighted by atomic mass is 35.5. The maximum Gasteiger partial charge on any atom is 0.179 e. The van der Waals surface area contributed by atoms with E-state index in [2.05, 4.69) is 11.9 Å². The van der Waals surface area contributed by atoms with E-state index in [0.717, 1.165) is 36.2 Å². The molecule has 0 amide bonds. The summed E-state index contributed by atoms with van der Waals surface area (Å²) < 4.78 is 10.9. The number of hydrogen-bond donors (Lipinski definition) is 1. The van der Waals surface area contributed by atoms with Crippen LogP contribution in [0.2, 0.25) is 5.02 Å². The van der Waals surface area contributed by atoms with Crippen LogP contribution in [0.3, 0.4) is 0 Å². The van der Waals surface area contributed by atoms with E-state index in [4.69, 9.17) is 21.1 Å². The van der Waals surface area contributed by atoms with Gasteiger partial charge in [0.2, 0.25) is 0 Å². The van der Waals surface area contributed by atoms with Crippen molar-refractivity contribution in [3.8, 4) is 17.2 Å². The summed E-state index contributed by atoms with van der Waals surface area (Å²) in [5.74, 6) is 1.67. The molecule has 0 aliphatic carbocycles. The minimum absolute atomic E-state index is 0.158. The third-order valence-corrected chi connectivity index (χ3v) is 5.06. The van der Waals surface area contributed by atoms with E-state index >= 15 is 0 Å². The third kappa shape index (κ3) is 3.04. The number of phenols is 1. The lowest BCUT2D eigenvalue weighted by molar-refractivity contribution is 0.337. The van der Waals surface area contributed by atoms with Gasteiger partial charge in [-0.2, -0.15) is 0 Å². The highest BCUT2D eigenvalue weighted by molar-refractivity contribution is 6.33. The molecule has 0 aromatic heterocycles. The highest BCUT2D eigenvalue weighted by Gasteiger charge is 2.28. The SMILES string of the molecule is COc1cc2c(c(Cl)c1OC)CCN(C)CC2c1ccc(O)cc1. The Morgan fingerprint density at radius 3 is 2.50 bits per heavy atom. The maximum atomic E-state index is 9.58. The molecule has 5 heteroatoms. The van der Waals surface area contributed by atoms with E-state index in [-0.39, 0.29) is 11.7 Å². The van der Waals surface area contributed by atoms with Crippen molar-refractivity contribution >= 4 is 11.6 Å². The first-order valence-electron chi connectivity index (χ1n) is 7.95. The van der Waals surface area contributed by atoms with Crippen LogP contribution in [-0.4, -0.2) is 44.4 Å². The molecule has 4 nitrogen and oxygen atoms in total. The number of nitrogens with zero attached hydrogens (tertiary/aromatic N) is 1. The number of hydrogen-bond acceptors (Lipinski definition) is 4. The second-order valence-corrected chi connectivity index (χ2v) is 6.53. The molecule has 2 aromatic carbocycles. The van der Waals surface area contributed by atoms with Gasteiger partial charge in [-0.05, 0) is 48.4 Å². The van der Waals surface area contributed by atoms with Gasteiger partial charge < -0.3 is 19.5 Å². The van der Waals surface area contributed by atoms with Gasteiger partial charge in [0.25, 0.3) is 0 Å². The van der Waals surface area contributed by atoms with Gasteiger partial charge in [0.1, 0.15) is 5.75 Å². The van der Waals surface area contributed by atoms with E-state index < -0.39 is 0 Å². The van der Waals surface area contributed by atoms with Crippen LogP contribution in [0.4, 0.5) is 0 Å². The summed E-state index contributed by atoms with van der Waals surface area (Å²) in [4.78, 5) is 2.30. The van der Waals surface area contributed by atoms with Crippen LogP contribution in [0.1, 0.15) is 22.6 Å². The fraction of sp³-hybridized carbons (Fsp3) is 0.368. The summed E-state index contributed by atoms with van der Waals surface area (Å²) in [6.45, 7) is 1.81. The first-order valence-corrected chi connectivity index (χ1v) is 8.33. The van der Waals surface area contributed by atoms with E-state index in [9.17, 15) is 5.11 Å².